The van der Waals surface area contributed by atoms with Crippen LogP contribution in [0.15, 0.2) is 29.0 Å². The molecular formula is C24H25NO7Si. The number of nitrogens with two attached hydrogens (primary N) is 1. The Labute approximate surface area is 191 Å². The Morgan fingerprint density at radius 3 is 2.42 bits per heavy atom. The number of primary amides is 1. The second kappa shape index (κ2) is 7.33. The molecule has 0 radical (unpaired) electrons. The molecule has 4 rings (SSSR count). The van der Waals surface area contributed by atoms with Crippen LogP contribution >= 0.6 is 0 Å². The van der Waals surface area contributed by atoms with E-state index in [-0.39, 0.29) is 36.1 Å². The predicted octanol–water partition coefficient (Wildman–Crippen LogP) is 1.65. The summed E-state index contributed by atoms with van der Waals surface area (Å²) in [5, 5.41) is 43.3. The fourth-order valence-electron chi connectivity index (χ4n) is 4.99. The molecule has 3 aliphatic rings. The molecular weight excluding hydrogens is 442 g/mol. The number of fused-ring (bicyclic) bond motifs is 3. The van der Waals surface area contributed by atoms with E-state index >= 15 is 0 Å². The second-order valence-electron chi connectivity index (χ2n) is 9.89. The number of carbonyl (C=O) groups is 3. The van der Waals surface area contributed by atoms with Gasteiger partial charge in [-0.1, -0.05) is 25.6 Å². The SMILES string of the molecule is C[Si](C)(C)C#Cc1ccc(O)c2c1C[C@H]1C[C@H]3CC(=O)C(C(N)=O)=C(O)[C@@]3(O)C(=O)C1=C2O. The van der Waals surface area contributed by atoms with Crippen molar-refractivity contribution in [3.05, 3.63) is 45.7 Å². The summed E-state index contributed by atoms with van der Waals surface area (Å²) in [6.07, 6.45) is 0.00224. The number of amides is 1. The zero-order valence-corrected chi connectivity index (χ0v) is 19.5. The lowest BCUT2D eigenvalue weighted by molar-refractivity contribution is -0.147. The van der Waals surface area contributed by atoms with Crippen molar-refractivity contribution in [2.75, 3.05) is 0 Å². The number of hydrogen-bond donors (Lipinski definition) is 5. The van der Waals surface area contributed by atoms with Crippen LogP contribution in [0.2, 0.25) is 19.6 Å². The first-order valence-electron chi connectivity index (χ1n) is 10.6. The van der Waals surface area contributed by atoms with Gasteiger partial charge in [-0.3, -0.25) is 14.4 Å². The summed E-state index contributed by atoms with van der Waals surface area (Å²) < 4.78 is 0. The van der Waals surface area contributed by atoms with Crippen LogP contribution in [-0.4, -0.2) is 51.6 Å². The van der Waals surface area contributed by atoms with E-state index in [9.17, 15) is 34.8 Å². The van der Waals surface area contributed by atoms with Gasteiger partial charge in [0.05, 0.1) is 5.56 Å². The summed E-state index contributed by atoms with van der Waals surface area (Å²) in [5.74, 6) is -3.23. The molecule has 0 aliphatic heterocycles. The maximum atomic E-state index is 13.4. The molecule has 1 fully saturated rings. The molecule has 0 spiro atoms. The van der Waals surface area contributed by atoms with Gasteiger partial charge in [0.15, 0.2) is 11.4 Å². The first-order chi connectivity index (χ1) is 15.3. The molecule has 1 aromatic carbocycles. The number of hydrogen-bond acceptors (Lipinski definition) is 7. The number of aliphatic hydroxyl groups excluding tert-OH is 2. The van der Waals surface area contributed by atoms with Gasteiger partial charge in [-0.25, -0.2) is 0 Å². The summed E-state index contributed by atoms with van der Waals surface area (Å²) in [7, 11) is -1.72. The van der Waals surface area contributed by atoms with Gasteiger partial charge in [0.25, 0.3) is 5.91 Å². The second-order valence-corrected chi connectivity index (χ2v) is 14.6. The van der Waals surface area contributed by atoms with Crippen molar-refractivity contribution in [1.82, 2.24) is 0 Å². The van der Waals surface area contributed by atoms with Crippen molar-refractivity contribution in [3.63, 3.8) is 0 Å². The minimum absolute atomic E-state index is 0.0597. The highest BCUT2D eigenvalue weighted by molar-refractivity contribution is 6.83. The topological polar surface area (TPSA) is 158 Å². The van der Waals surface area contributed by atoms with Crippen LogP contribution in [0.1, 0.15) is 29.5 Å². The van der Waals surface area contributed by atoms with E-state index in [1.165, 1.54) is 6.07 Å². The lowest BCUT2D eigenvalue weighted by Gasteiger charge is -2.46. The standard InChI is InChI=1S/C24H25NO7Si/c1-33(2,3)7-6-11-4-5-15(26)18-14(11)9-12-8-13-10-16(27)19(23(25)31)22(30)24(13,32)21(29)17(12)20(18)28/h4-5,12-13,26,28,30,32H,8-10H2,1-3H3,(H2,25,31)/t12-,13+,24+/m1/s1. The third-order valence-electron chi connectivity index (χ3n) is 6.52. The number of aliphatic hydroxyl groups is 3. The number of carbonyl (C=O) groups excluding carboxylic acids is 3. The Morgan fingerprint density at radius 2 is 1.82 bits per heavy atom. The molecule has 1 amide bonds. The number of benzene rings is 1. The van der Waals surface area contributed by atoms with Gasteiger partial charge in [-0.05, 0) is 36.5 Å². The van der Waals surface area contributed by atoms with Crippen LogP contribution < -0.4 is 5.73 Å². The number of phenolic OH excluding ortho intramolecular Hbond substituents is 1. The zero-order valence-electron chi connectivity index (χ0n) is 18.5. The lowest BCUT2D eigenvalue weighted by Crippen LogP contribution is -2.58. The van der Waals surface area contributed by atoms with Crippen LogP contribution in [0.5, 0.6) is 5.75 Å². The number of phenols is 1. The Kier molecular flexibility index (Phi) is 5.07. The third-order valence-corrected chi connectivity index (χ3v) is 7.39. The van der Waals surface area contributed by atoms with E-state index in [1.54, 1.807) is 6.07 Å². The van der Waals surface area contributed by atoms with Gasteiger partial charge in [-0.15, -0.1) is 5.54 Å². The van der Waals surface area contributed by atoms with Crippen molar-refractivity contribution in [1.29, 1.82) is 0 Å². The molecule has 6 N–H and O–H groups in total. The van der Waals surface area contributed by atoms with Crippen LogP contribution in [-0.2, 0) is 20.8 Å². The van der Waals surface area contributed by atoms with Crippen LogP contribution in [0, 0.1) is 23.3 Å². The highest BCUT2D eigenvalue weighted by Gasteiger charge is 2.60. The summed E-state index contributed by atoms with van der Waals surface area (Å²) in [6, 6.07) is 3.05. The Balaban J connectivity index is 1.91. The lowest BCUT2D eigenvalue weighted by atomic mass is 9.59. The number of Topliss-reactive ketones (excluding diaryl/α,β-unsaturated/α-hetero) is 2. The van der Waals surface area contributed by atoms with Crippen LogP contribution in [0.4, 0.5) is 0 Å². The Hall–Kier alpha value is -3.35. The molecule has 1 aromatic rings. The first kappa shape index (κ1) is 22.8. The molecule has 0 aromatic heterocycles. The van der Waals surface area contributed by atoms with Crippen molar-refractivity contribution in [3.8, 4) is 17.2 Å². The molecule has 0 saturated heterocycles. The average molecular weight is 468 g/mol. The Bertz CT molecular complexity index is 1260. The molecule has 8 nitrogen and oxygen atoms in total. The van der Waals surface area contributed by atoms with Gasteiger partial charge in [0.2, 0.25) is 5.78 Å². The molecule has 3 aliphatic carbocycles. The molecule has 1 saturated carbocycles. The van der Waals surface area contributed by atoms with Gasteiger partial charge >= 0.3 is 0 Å². The third kappa shape index (κ3) is 3.37. The minimum Gasteiger partial charge on any atom is -0.508 e. The smallest absolute Gasteiger partial charge is 0.255 e. The normalized spacial score (nSPS) is 26.8. The summed E-state index contributed by atoms with van der Waals surface area (Å²) >= 11 is 0. The summed E-state index contributed by atoms with van der Waals surface area (Å²) in [6.45, 7) is 6.26. The largest absolute Gasteiger partial charge is 0.508 e. The molecule has 33 heavy (non-hydrogen) atoms. The van der Waals surface area contributed by atoms with E-state index in [1.807, 2.05) is 0 Å². The van der Waals surface area contributed by atoms with Gasteiger partial charge in [0, 0.05) is 23.5 Å². The van der Waals surface area contributed by atoms with E-state index in [0.717, 1.165) is 0 Å². The average Bonchev–Trinajstić information content (AvgIpc) is 2.69. The zero-order chi connectivity index (χ0) is 24.5. The molecule has 0 heterocycles. The van der Waals surface area contributed by atoms with Gasteiger partial charge in [-0.2, -0.15) is 0 Å². The monoisotopic (exact) mass is 467 g/mol. The fraction of sp³-hybridized carbons (Fsp3) is 0.375. The molecule has 0 unspecified atom stereocenters. The summed E-state index contributed by atoms with van der Waals surface area (Å²) in [4.78, 5) is 37.5. The molecule has 172 valence electrons. The quantitative estimate of drug-likeness (QED) is 0.239. The maximum absolute atomic E-state index is 13.4. The van der Waals surface area contributed by atoms with Crippen LogP contribution in [0.25, 0.3) is 5.76 Å². The molecule has 9 heteroatoms. The molecule has 0 bridgehead atoms. The summed E-state index contributed by atoms with van der Waals surface area (Å²) in [5.41, 5.74) is 6.21. The van der Waals surface area contributed by atoms with Crippen molar-refractivity contribution < 1.29 is 34.8 Å². The fourth-order valence-corrected chi connectivity index (χ4v) is 5.50. The van der Waals surface area contributed by atoms with E-state index < -0.39 is 60.1 Å². The van der Waals surface area contributed by atoms with E-state index in [4.69, 9.17) is 5.73 Å². The number of aromatic hydroxyl groups is 1. The van der Waals surface area contributed by atoms with E-state index in [0.29, 0.717) is 11.1 Å². The number of ketones is 2. The first-order valence-corrected chi connectivity index (χ1v) is 14.1. The Morgan fingerprint density at radius 1 is 1.15 bits per heavy atom. The highest BCUT2D eigenvalue weighted by Crippen LogP contribution is 2.52. The van der Waals surface area contributed by atoms with Crippen molar-refractivity contribution in [2.24, 2.45) is 17.6 Å². The predicted molar refractivity (Wildman–Crippen MR) is 122 cm³/mol. The van der Waals surface area contributed by atoms with Gasteiger partial charge in [0.1, 0.15) is 30.9 Å². The molecule has 3 atom stereocenters. The number of rotatable bonds is 1. The van der Waals surface area contributed by atoms with Gasteiger partial charge < -0.3 is 26.2 Å². The van der Waals surface area contributed by atoms with Crippen LogP contribution in [0.3, 0.4) is 0 Å². The maximum Gasteiger partial charge on any atom is 0.255 e. The van der Waals surface area contributed by atoms with E-state index in [2.05, 4.69) is 31.1 Å². The highest BCUT2D eigenvalue weighted by atomic mass is 28.3. The minimum atomic E-state index is -2.56. The van der Waals surface area contributed by atoms with Crippen molar-refractivity contribution in [2.45, 2.75) is 44.5 Å². The van der Waals surface area contributed by atoms with Crippen molar-refractivity contribution >= 4 is 31.3 Å².